The first kappa shape index (κ1) is 12.3. The summed E-state index contributed by atoms with van der Waals surface area (Å²) in [5, 5.41) is 2.76. The van der Waals surface area contributed by atoms with Gasteiger partial charge in [-0.05, 0) is 20.3 Å². The van der Waals surface area contributed by atoms with Gasteiger partial charge in [-0.25, -0.2) is 14.3 Å². The highest BCUT2D eigenvalue weighted by molar-refractivity contribution is 5.91. The predicted molar refractivity (Wildman–Crippen MR) is 65.9 cm³/mol. The van der Waals surface area contributed by atoms with Gasteiger partial charge >= 0.3 is 5.97 Å². The molecule has 2 aromatic rings. The summed E-state index contributed by atoms with van der Waals surface area (Å²) in [6, 6.07) is 1.41. The van der Waals surface area contributed by atoms with Crippen LogP contribution in [0.1, 0.15) is 35.6 Å². The third-order valence-corrected chi connectivity index (χ3v) is 2.68. The van der Waals surface area contributed by atoms with E-state index >= 15 is 0 Å². The van der Waals surface area contributed by atoms with E-state index in [-0.39, 0.29) is 5.56 Å². The van der Waals surface area contributed by atoms with Crippen molar-refractivity contribution in [1.82, 2.24) is 14.6 Å². The molecule has 0 fully saturated rings. The van der Waals surface area contributed by atoms with Crippen molar-refractivity contribution in [3.63, 3.8) is 0 Å². The third kappa shape index (κ3) is 1.90. The maximum atomic E-state index is 11.8. The molecule has 0 unspecified atom stereocenters. The summed E-state index contributed by atoms with van der Waals surface area (Å²) in [5.74, 6) is -0.461. The van der Waals surface area contributed by atoms with Gasteiger partial charge in [-0.3, -0.25) is 9.89 Å². The highest BCUT2D eigenvalue weighted by Crippen LogP contribution is 2.14. The van der Waals surface area contributed by atoms with Gasteiger partial charge in [-0.15, -0.1) is 0 Å². The van der Waals surface area contributed by atoms with E-state index in [0.717, 1.165) is 0 Å². The molecule has 6 heteroatoms. The van der Waals surface area contributed by atoms with Crippen LogP contribution in [-0.2, 0) is 11.2 Å². The van der Waals surface area contributed by atoms with Crippen molar-refractivity contribution in [2.24, 2.45) is 0 Å². The van der Waals surface area contributed by atoms with Crippen LogP contribution in [0.4, 0.5) is 0 Å². The van der Waals surface area contributed by atoms with E-state index in [2.05, 4.69) is 10.1 Å². The number of nitrogens with one attached hydrogen (secondary N) is 1. The standard InChI is InChI=1S/C12H15N3O3/c1-4-8-10(12(17)18-5-2)14-15-9(16)6-7(3)13-11(8)15/h6,14H,4-5H2,1-3H3. The zero-order valence-electron chi connectivity index (χ0n) is 10.6. The van der Waals surface area contributed by atoms with Crippen molar-refractivity contribution < 1.29 is 9.53 Å². The molecule has 0 radical (unpaired) electrons. The lowest BCUT2D eigenvalue weighted by Crippen LogP contribution is -2.15. The summed E-state index contributed by atoms with van der Waals surface area (Å²) in [5.41, 5.74) is 1.89. The molecule has 6 nitrogen and oxygen atoms in total. The van der Waals surface area contributed by atoms with Crippen LogP contribution < -0.4 is 5.56 Å². The minimum absolute atomic E-state index is 0.234. The van der Waals surface area contributed by atoms with Gasteiger partial charge in [0.05, 0.1) is 6.61 Å². The van der Waals surface area contributed by atoms with Crippen LogP contribution in [0.2, 0.25) is 0 Å². The smallest absolute Gasteiger partial charge is 0.356 e. The van der Waals surface area contributed by atoms with E-state index in [1.54, 1.807) is 13.8 Å². The van der Waals surface area contributed by atoms with Gasteiger partial charge in [0.15, 0.2) is 5.65 Å². The van der Waals surface area contributed by atoms with E-state index in [1.165, 1.54) is 10.6 Å². The Morgan fingerprint density at radius 1 is 1.50 bits per heavy atom. The molecule has 0 saturated carbocycles. The van der Waals surface area contributed by atoms with Crippen molar-refractivity contribution in [1.29, 1.82) is 0 Å². The summed E-state index contributed by atoms with van der Waals surface area (Å²) >= 11 is 0. The number of nitrogens with zero attached hydrogens (tertiary/aromatic N) is 2. The lowest BCUT2D eigenvalue weighted by atomic mass is 10.2. The Morgan fingerprint density at radius 2 is 2.22 bits per heavy atom. The molecule has 2 heterocycles. The van der Waals surface area contributed by atoms with Crippen molar-refractivity contribution in [2.75, 3.05) is 6.61 Å². The number of fused-ring (bicyclic) bond motifs is 1. The highest BCUT2D eigenvalue weighted by Gasteiger charge is 2.19. The number of carbonyl (C=O) groups excluding carboxylic acids is 1. The largest absolute Gasteiger partial charge is 0.461 e. The number of aryl methyl sites for hydroxylation is 2. The minimum Gasteiger partial charge on any atom is -0.461 e. The van der Waals surface area contributed by atoms with Crippen molar-refractivity contribution in [3.8, 4) is 0 Å². The maximum Gasteiger partial charge on any atom is 0.356 e. The second kappa shape index (κ2) is 4.64. The average molecular weight is 249 g/mol. The van der Waals surface area contributed by atoms with E-state index in [4.69, 9.17) is 4.74 Å². The topological polar surface area (TPSA) is 76.5 Å². The molecular formula is C12H15N3O3. The number of aromatic amines is 1. The van der Waals surface area contributed by atoms with Gasteiger partial charge in [-0.2, -0.15) is 0 Å². The minimum atomic E-state index is -0.461. The van der Waals surface area contributed by atoms with Crippen LogP contribution in [0.15, 0.2) is 10.9 Å². The summed E-state index contributed by atoms with van der Waals surface area (Å²) in [7, 11) is 0. The van der Waals surface area contributed by atoms with E-state index in [9.17, 15) is 9.59 Å². The Morgan fingerprint density at radius 3 is 2.83 bits per heavy atom. The van der Waals surface area contributed by atoms with Crippen LogP contribution in [0.3, 0.4) is 0 Å². The molecule has 0 atom stereocenters. The molecule has 1 N–H and O–H groups in total. The number of hydrogen-bond acceptors (Lipinski definition) is 4. The molecule has 96 valence electrons. The van der Waals surface area contributed by atoms with Gasteiger partial charge in [0.2, 0.25) is 0 Å². The Bertz CT molecular complexity index is 654. The fraction of sp³-hybridized carbons (Fsp3) is 0.417. The molecular weight excluding hydrogens is 234 g/mol. The fourth-order valence-electron chi connectivity index (χ4n) is 1.91. The summed E-state index contributed by atoms with van der Waals surface area (Å²) in [6.07, 6.45) is 0.594. The fourth-order valence-corrected chi connectivity index (χ4v) is 1.91. The molecule has 0 bridgehead atoms. The second-order valence-electron chi connectivity index (χ2n) is 3.93. The number of rotatable bonds is 3. The lowest BCUT2D eigenvalue weighted by molar-refractivity contribution is 0.0518. The lowest BCUT2D eigenvalue weighted by Gasteiger charge is -2.00. The number of carbonyl (C=O) groups is 1. The SMILES string of the molecule is CCOC(=O)c1[nH]n2c(=O)cc(C)nc2c1CC. The molecule has 18 heavy (non-hydrogen) atoms. The van der Waals surface area contributed by atoms with Crippen LogP contribution in [0.25, 0.3) is 5.65 Å². The van der Waals surface area contributed by atoms with Crippen molar-refractivity contribution >= 4 is 11.6 Å². The Balaban J connectivity index is 2.72. The summed E-state index contributed by atoms with van der Waals surface area (Å²) in [6.45, 7) is 5.68. The van der Waals surface area contributed by atoms with Crippen LogP contribution >= 0.6 is 0 Å². The second-order valence-corrected chi connectivity index (χ2v) is 3.93. The normalized spacial score (nSPS) is 10.8. The van der Waals surface area contributed by atoms with E-state index in [0.29, 0.717) is 35.6 Å². The highest BCUT2D eigenvalue weighted by atomic mass is 16.5. The molecule has 2 rings (SSSR count). The van der Waals surface area contributed by atoms with Crippen LogP contribution in [0, 0.1) is 6.92 Å². The van der Waals surface area contributed by atoms with Crippen LogP contribution in [0.5, 0.6) is 0 Å². The number of ether oxygens (including phenoxy) is 1. The average Bonchev–Trinajstić information content (AvgIpc) is 2.68. The quantitative estimate of drug-likeness (QED) is 0.825. The molecule has 0 aromatic carbocycles. The monoisotopic (exact) mass is 249 g/mol. The maximum absolute atomic E-state index is 11.8. The zero-order valence-corrected chi connectivity index (χ0v) is 10.6. The number of aromatic nitrogens is 3. The molecule has 0 aliphatic rings. The number of esters is 1. The molecule has 0 aliphatic carbocycles. The van der Waals surface area contributed by atoms with Gasteiger partial charge in [0.25, 0.3) is 5.56 Å². The molecule has 0 aliphatic heterocycles. The first-order valence-electron chi connectivity index (χ1n) is 5.86. The summed E-state index contributed by atoms with van der Waals surface area (Å²) < 4.78 is 6.23. The Hall–Kier alpha value is -2.11. The van der Waals surface area contributed by atoms with Gasteiger partial charge in [0, 0.05) is 17.3 Å². The van der Waals surface area contributed by atoms with Crippen molar-refractivity contribution in [2.45, 2.75) is 27.2 Å². The first-order valence-corrected chi connectivity index (χ1v) is 5.86. The Labute approximate surface area is 104 Å². The molecule has 0 spiro atoms. The number of hydrogen-bond donors (Lipinski definition) is 1. The summed E-state index contributed by atoms with van der Waals surface area (Å²) in [4.78, 5) is 27.9. The van der Waals surface area contributed by atoms with Gasteiger partial charge < -0.3 is 4.74 Å². The third-order valence-electron chi connectivity index (χ3n) is 2.68. The molecule has 2 aromatic heterocycles. The van der Waals surface area contributed by atoms with Crippen LogP contribution in [-0.4, -0.2) is 27.2 Å². The van der Waals surface area contributed by atoms with E-state index < -0.39 is 5.97 Å². The van der Waals surface area contributed by atoms with Crippen molar-refractivity contribution in [3.05, 3.63) is 33.4 Å². The molecule has 0 saturated heterocycles. The predicted octanol–water partition coefficient (Wildman–Crippen LogP) is 1.07. The molecule has 0 amide bonds. The van der Waals surface area contributed by atoms with E-state index in [1.807, 2.05) is 6.92 Å². The van der Waals surface area contributed by atoms with Gasteiger partial charge in [-0.1, -0.05) is 6.92 Å². The number of H-pyrrole nitrogens is 1. The first-order chi connectivity index (χ1) is 8.58. The Kier molecular flexibility index (Phi) is 3.18. The van der Waals surface area contributed by atoms with Gasteiger partial charge in [0.1, 0.15) is 5.69 Å². The zero-order chi connectivity index (χ0) is 13.3.